The quantitative estimate of drug-likeness (QED) is 0.635. The van der Waals surface area contributed by atoms with Gasteiger partial charge in [0.2, 0.25) is 0 Å². The van der Waals surface area contributed by atoms with E-state index in [2.05, 4.69) is 20.6 Å². The molecule has 5 N–H and O–H groups in total. The summed E-state index contributed by atoms with van der Waals surface area (Å²) >= 11 is 0. The maximum Gasteiger partial charge on any atom is 0.335 e. The maximum atomic E-state index is 10.9. The molecule has 24 heavy (non-hydrogen) atoms. The lowest BCUT2D eigenvalue weighted by Gasteiger charge is -2.15. The van der Waals surface area contributed by atoms with Crippen LogP contribution < -0.4 is 16.4 Å². The highest BCUT2D eigenvalue weighted by molar-refractivity contribution is 5.88. The second kappa shape index (κ2) is 7.14. The standard InChI is InChI=1S/C16H19N5O3/c17-13-14(18-8-12-2-1-7-24-12)19-9-20-15(13)21-11-5-3-10(4-6-11)16(22)23/h3-6,9,12H,1-2,7-8,17H2,(H,22,23)(H2,18,19,20,21). The van der Waals surface area contributed by atoms with E-state index in [1.54, 1.807) is 12.1 Å². The molecule has 1 aromatic carbocycles. The molecule has 0 amide bonds. The highest BCUT2D eigenvalue weighted by Crippen LogP contribution is 2.26. The summed E-state index contributed by atoms with van der Waals surface area (Å²) in [5, 5.41) is 15.2. The molecule has 126 valence electrons. The number of hydrogen-bond acceptors (Lipinski definition) is 7. The fraction of sp³-hybridized carbons (Fsp3) is 0.312. The van der Waals surface area contributed by atoms with Gasteiger partial charge in [0, 0.05) is 18.8 Å². The lowest BCUT2D eigenvalue weighted by molar-refractivity contribution is 0.0697. The van der Waals surface area contributed by atoms with Crippen molar-refractivity contribution in [1.29, 1.82) is 0 Å². The van der Waals surface area contributed by atoms with Crippen LogP contribution in [0.25, 0.3) is 0 Å². The first-order valence-electron chi connectivity index (χ1n) is 7.70. The molecule has 2 aromatic rings. The summed E-state index contributed by atoms with van der Waals surface area (Å²) in [6, 6.07) is 6.34. The van der Waals surface area contributed by atoms with Crippen LogP contribution in [0, 0.1) is 0 Å². The van der Waals surface area contributed by atoms with Gasteiger partial charge in [0.15, 0.2) is 11.6 Å². The van der Waals surface area contributed by atoms with Crippen molar-refractivity contribution < 1.29 is 14.6 Å². The Hall–Kier alpha value is -2.87. The van der Waals surface area contributed by atoms with E-state index in [0.29, 0.717) is 29.6 Å². The molecule has 1 aromatic heterocycles. The highest BCUT2D eigenvalue weighted by Gasteiger charge is 2.16. The fourth-order valence-corrected chi connectivity index (χ4v) is 2.48. The third kappa shape index (κ3) is 3.72. The number of anilines is 4. The van der Waals surface area contributed by atoms with Gasteiger partial charge in [-0.1, -0.05) is 0 Å². The van der Waals surface area contributed by atoms with Crippen LogP contribution in [0.1, 0.15) is 23.2 Å². The summed E-state index contributed by atoms with van der Waals surface area (Å²) in [7, 11) is 0. The van der Waals surface area contributed by atoms with Crippen LogP contribution in [0.5, 0.6) is 0 Å². The van der Waals surface area contributed by atoms with E-state index < -0.39 is 5.97 Å². The predicted molar refractivity (Wildman–Crippen MR) is 90.6 cm³/mol. The number of aromatic carboxylic acids is 1. The summed E-state index contributed by atoms with van der Waals surface area (Å²) in [6.07, 6.45) is 3.70. The number of nitrogen functional groups attached to an aromatic ring is 1. The first-order chi connectivity index (χ1) is 11.6. The minimum absolute atomic E-state index is 0.180. The summed E-state index contributed by atoms with van der Waals surface area (Å²) in [5.74, 6) is 0.0387. The lowest BCUT2D eigenvalue weighted by Crippen LogP contribution is -2.20. The number of aromatic nitrogens is 2. The Morgan fingerprint density at radius 3 is 2.71 bits per heavy atom. The van der Waals surface area contributed by atoms with E-state index in [4.69, 9.17) is 15.6 Å². The molecule has 1 aliphatic heterocycles. The molecular weight excluding hydrogens is 310 g/mol. The van der Waals surface area contributed by atoms with Crippen molar-refractivity contribution >= 4 is 29.0 Å². The molecule has 1 atom stereocenters. The van der Waals surface area contributed by atoms with Gasteiger partial charge in [-0.05, 0) is 37.1 Å². The number of carbonyl (C=O) groups is 1. The smallest absolute Gasteiger partial charge is 0.335 e. The number of benzene rings is 1. The SMILES string of the molecule is Nc1c(NCC2CCCO2)ncnc1Nc1ccc(C(=O)O)cc1. The number of nitrogens with one attached hydrogen (secondary N) is 2. The van der Waals surface area contributed by atoms with Crippen LogP contribution >= 0.6 is 0 Å². The third-order valence-corrected chi connectivity index (χ3v) is 3.80. The average Bonchev–Trinajstić information content (AvgIpc) is 3.09. The predicted octanol–water partition coefficient (Wildman–Crippen LogP) is 2.09. The Balaban J connectivity index is 1.68. The minimum Gasteiger partial charge on any atom is -0.478 e. The van der Waals surface area contributed by atoms with Gasteiger partial charge >= 0.3 is 5.97 Å². The monoisotopic (exact) mass is 329 g/mol. The molecule has 8 heteroatoms. The first kappa shape index (κ1) is 16.0. The van der Waals surface area contributed by atoms with Gasteiger partial charge in [0.05, 0.1) is 11.7 Å². The molecule has 0 spiro atoms. The Morgan fingerprint density at radius 1 is 1.29 bits per heavy atom. The second-order valence-electron chi connectivity index (χ2n) is 5.51. The second-order valence-corrected chi connectivity index (χ2v) is 5.51. The highest BCUT2D eigenvalue weighted by atomic mass is 16.5. The summed E-state index contributed by atoms with van der Waals surface area (Å²) < 4.78 is 5.56. The van der Waals surface area contributed by atoms with Gasteiger partial charge in [-0.25, -0.2) is 14.8 Å². The van der Waals surface area contributed by atoms with Gasteiger partial charge in [0.1, 0.15) is 12.0 Å². The summed E-state index contributed by atoms with van der Waals surface area (Å²) in [5.41, 5.74) is 7.42. The Morgan fingerprint density at radius 2 is 2.04 bits per heavy atom. The maximum absolute atomic E-state index is 10.9. The number of ether oxygens (including phenoxy) is 1. The zero-order valence-electron chi connectivity index (χ0n) is 13.0. The van der Waals surface area contributed by atoms with Crippen molar-refractivity contribution in [3.8, 4) is 0 Å². The molecule has 1 aliphatic rings. The molecule has 0 aliphatic carbocycles. The molecule has 1 saturated heterocycles. The Labute approximate surface area is 139 Å². The average molecular weight is 329 g/mol. The van der Waals surface area contributed by atoms with E-state index in [9.17, 15) is 4.79 Å². The molecule has 0 radical (unpaired) electrons. The van der Waals surface area contributed by atoms with Crippen LogP contribution in [-0.4, -0.2) is 40.3 Å². The number of nitrogens with zero attached hydrogens (tertiary/aromatic N) is 2. The van der Waals surface area contributed by atoms with Crippen molar-refractivity contribution in [2.75, 3.05) is 29.5 Å². The van der Waals surface area contributed by atoms with Crippen molar-refractivity contribution in [3.63, 3.8) is 0 Å². The molecule has 3 rings (SSSR count). The van der Waals surface area contributed by atoms with E-state index in [0.717, 1.165) is 19.4 Å². The molecule has 0 bridgehead atoms. The number of carboxylic acid groups (broad SMARTS) is 1. The normalized spacial score (nSPS) is 16.8. The number of rotatable bonds is 6. The van der Waals surface area contributed by atoms with Crippen molar-refractivity contribution in [2.45, 2.75) is 18.9 Å². The van der Waals surface area contributed by atoms with Crippen LogP contribution in [0.4, 0.5) is 23.0 Å². The van der Waals surface area contributed by atoms with Crippen LogP contribution in [0.3, 0.4) is 0 Å². The largest absolute Gasteiger partial charge is 0.478 e. The van der Waals surface area contributed by atoms with E-state index in [-0.39, 0.29) is 11.7 Å². The number of nitrogens with two attached hydrogens (primary N) is 1. The van der Waals surface area contributed by atoms with E-state index in [1.165, 1.54) is 18.5 Å². The lowest BCUT2D eigenvalue weighted by atomic mass is 10.2. The van der Waals surface area contributed by atoms with Crippen LogP contribution in [0.2, 0.25) is 0 Å². The topological polar surface area (TPSA) is 122 Å². The van der Waals surface area contributed by atoms with Gasteiger partial charge in [-0.15, -0.1) is 0 Å². The summed E-state index contributed by atoms with van der Waals surface area (Å²) in [4.78, 5) is 19.2. The number of hydrogen-bond donors (Lipinski definition) is 4. The van der Waals surface area contributed by atoms with E-state index in [1.807, 2.05) is 0 Å². The van der Waals surface area contributed by atoms with Gasteiger partial charge in [-0.2, -0.15) is 0 Å². The van der Waals surface area contributed by atoms with Gasteiger partial charge in [-0.3, -0.25) is 0 Å². The molecule has 1 fully saturated rings. The molecule has 8 nitrogen and oxygen atoms in total. The minimum atomic E-state index is -0.969. The number of carboxylic acids is 1. The van der Waals surface area contributed by atoms with Crippen LogP contribution in [0.15, 0.2) is 30.6 Å². The van der Waals surface area contributed by atoms with Crippen molar-refractivity contribution in [2.24, 2.45) is 0 Å². The van der Waals surface area contributed by atoms with Gasteiger partial charge in [0.25, 0.3) is 0 Å². The molecular formula is C16H19N5O3. The summed E-state index contributed by atoms with van der Waals surface area (Å²) in [6.45, 7) is 1.44. The molecule has 1 unspecified atom stereocenters. The zero-order valence-corrected chi connectivity index (χ0v) is 13.0. The van der Waals surface area contributed by atoms with Gasteiger partial charge < -0.3 is 26.2 Å². The first-order valence-corrected chi connectivity index (χ1v) is 7.70. The fourth-order valence-electron chi connectivity index (χ4n) is 2.48. The van der Waals surface area contributed by atoms with Crippen molar-refractivity contribution in [3.05, 3.63) is 36.2 Å². The molecule has 2 heterocycles. The van der Waals surface area contributed by atoms with Crippen LogP contribution in [-0.2, 0) is 4.74 Å². The molecule has 0 saturated carbocycles. The Bertz CT molecular complexity index is 714. The van der Waals surface area contributed by atoms with E-state index >= 15 is 0 Å². The Kier molecular flexibility index (Phi) is 4.76. The van der Waals surface area contributed by atoms with Crippen molar-refractivity contribution in [1.82, 2.24) is 9.97 Å². The third-order valence-electron chi connectivity index (χ3n) is 3.80. The zero-order chi connectivity index (χ0) is 16.9.